The molecule has 5 N–H and O–H groups in total. The zero-order valence-corrected chi connectivity index (χ0v) is 45.4. The van der Waals surface area contributed by atoms with E-state index in [1.54, 1.807) is 66.7 Å². The third-order valence-corrected chi connectivity index (χ3v) is 16.1. The second-order valence-electron chi connectivity index (χ2n) is 21.4. The van der Waals surface area contributed by atoms with E-state index in [2.05, 4.69) is 10.6 Å². The molecule has 1 aliphatic heterocycles. The summed E-state index contributed by atoms with van der Waals surface area (Å²) in [5.74, 6) is -8.90. The van der Waals surface area contributed by atoms with Gasteiger partial charge in [-0.2, -0.15) is 0 Å². The molecule has 3 fully saturated rings. The lowest BCUT2D eigenvalue weighted by molar-refractivity contribution is -0.346. The van der Waals surface area contributed by atoms with Crippen molar-refractivity contribution in [3.05, 3.63) is 149 Å². The predicted molar refractivity (Wildman–Crippen MR) is 284 cm³/mol. The van der Waals surface area contributed by atoms with Gasteiger partial charge in [0, 0.05) is 49.8 Å². The van der Waals surface area contributed by atoms with E-state index in [-0.39, 0.29) is 72.3 Å². The molecular weight excluding hydrogens is 1050 g/mol. The summed E-state index contributed by atoms with van der Waals surface area (Å²) >= 11 is 0. The van der Waals surface area contributed by atoms with Crippen LogP contribution in [0.3, 0.4) is 0 Å². The molecule has 4 aromatic carbocycles. The fraction of sp³-hybridized carbons (Fsp3) is 0.417. The number of hydrogen-bond acceptors (Lipinski definition) is 18. The van der Waals surface area contributed by atoms with Crippen LogP contribution in [0.5, 0.6) is 0 Å². The zero-order chi connectivity index (χ0) is 58.6. The van der Waals surface area contributed by atoms with E-state index in [0.29, 0.717) is 5.69 Å². The molecule has 0 radical (unpaired) electrons. The van der Waals surface area contributed by atoms with Crippen LogP contribution < -0.4 is 10.6 Å². The number of carbonyl (C=O) groups is 9. The van der Waals surface area contributed by atoms with Gasteiger partial charge in [-0.25, -0.2) is 19.2 Å². The lowest BCUT2D eigenvalue weighted by Gasteiger charge is -2.67. The summed E-state index contributed by atoms with van der Waals surface area (Å²) in [7, 11) is 0. The highest BCUT2D eigenvalue weighted by molar-refractivity contribution is 5.97. The maximum atomic E-state index is 15.8. The van der Waals surface area contributed by atoms with Gasteiger partial charge in [0.15, 0.2) is 17.5 Å². The number of fused-ring (bicyclic) bond motifs is 5. The van der Waals surface area contributed by atoms with E-state index in [9.17, 15) is 48.9 Å². The molecule has 1 saturated heterocycles. The Hall–Kier alpha value is -8.27. The molecule has 8 rings (SSSR count). The number of unbranched alkanes of at least 4 members (excludes halogenated alkanes) is 1. The van der Waals surface area contributed by atoms with Gasteiger partial charge in [0.1, 0.15) is 30.0 Å². The van der Waals surface area contributed by atoms with Gasteiger partial charge in [0.25, 0.3) is 5.91 Å². The molecule has 1 unspecified atom stereocenters. The summed E-state index contributed by atoms with van der Waals surface area (Å²) in [5, 5.41) is 40.9. The lowest BCUT2D eigenvalue weighted by atomic mass is 9.44. The second kappa shape index (κ2) is 23.8. The Balaban J connectivity index is 1.18. The van der Waals surface area contributed by atoms with Gasteiger partial charge in [0.2, 0.25) is 12.0 Å². The van der Waals surface area contributed by atoms with Gasteiger partial charge in [0.05, 0.1) is 41.8 Å². The number of ketones is 1. The molecule has 21 nitrogen and oxygen atoms in total. The number of anilines is 1. The Kier molecular flexibility index (Phi) is 17.3. The van der Waals surface area contributed by atoms with Crippen molar-refractivity contribution in [1.82, 2.24) is 5.32 Å². The van der Waals surface area contributed by atoms with Crippen LogP contribution in [0.25, 0.3) is 0 Å². The molecule has 0 aromatic heterocycles. The van der Waals surface area contributed by atoms with Gasteiger partial charge in [-0.1, -0.05) is 80.6 Å². The van der Waals surface area contributed by atoms with Crippen molar-refractivity contribution in [3.63, 3.8) is 0 Å². The highest BCUT2D eigenvalue weighted by Gasteiger charge is 2.78. The van der Waals surface area contributed by atoms with Crippen molar-refractivity contribution >= 4 is 59.3 Å². The number of carboxylic acid groups (broad SMARTS) is 1. The summed E-state index contributed by atoms with van der Waals surface area (Å²) in [6, 6.07) is 27.7. The molecule has 1 heterocycles. The summed E-state index contributed by atoms with van der Waals surface area (Å²) in [6.07, 6.45) is -12.4. The van der Waals surface area contributed by atoms with Crippen LogP contribution in [0, 0.1) is 16.7 Å². The molecule has 2 saturated carbocycles. The minimum absolute atomic E-state index is 0.0146. The number of aliphatic hydroxyl groups excluding tert-OH is 1. The summed E-state index contributed by atoms with van der Waals surface area (Å²) in [5.41, 5.74) is -7.49. The Morgan fingerprint density at radius 1 is 0.765 bits per heavy atom. The Morgan fingerprint density at radius 3 is 1.96 bits per heavy atom. The number of aliphatic hydroxyl groups is 2. The maximum absolute atomic E-state index is 15.8. The van der Waals surface area contributed by atoms with Crippen molar-refractivity contribution in [2.24, 2.45) is 16.7 Å². The molecular formula is C60H64N2O19. The van der Waals surface area contributed by atoms with Gasteiger partial charge < -0.3 is 59.1 Å². The van der Waals surface area contributed by atoms with Gasteiger partial charge in [-0.15, -0.1) is 0 Å². The number of rotatable bonds is 18. The standard InChI is InChI=1S/C60H64N2O19/c1-33-41(31-60(74)51(80-54(71)39-22-14-9-15-23-39)49-58(6,42(65)30-43-59(49,32-76-43)81-35(3)64)50(67)47(77-34(2)63)45(33)57(60,4)5)78-55(72)48(46(36-18-10-7-11-19-36)62-52(68)37-20-12-8-13-21-37)79-56(73)75-29-17-16-24-44(66)61-40-27-25-38(26-28-40)53(69)70/h7-15,18-23,25-28,41-43,46-49,51,65,74H,16-17,24,29-32H2,1-6H3,(H,61,66)(H,62,68)(H,69,70)/t41-,42-,43+,46-,47+,48+,49-,51-,58?,59-,60+/m0/s1. The monoisotopic (exact) mass is 1120 g/mol. The number of esters is 4. The third kappa shape index (κ3) is 11.7. The van der Waals surface area contributed by atoms with Crippen LogP contribution >= 0.6 is 0 Å². The van der Waals surface area contributed by atoms with E-state index < -0.39 is 131 Å². The molecule has 0 spiro atoms. The number of Topliss-reactive ketones (excluding diaryl/α,β-unsaturated/α-hetero) is 1. The first-order valence-corrected chi connectivity index (χ1v) is 26.4. The predicted octanol–water partition coefficient (Wildman–Crippen LogP) is 6.40. The van der Waals surface area contributed by atoms with Crippen molar-refractivity contribution in [3.8, 4) is 0 Å². The Labute approximate surface area is 466 Å². The largest absolute Gasteiger partial charge is 0.509 e. The van der Waals surface area contributed by atoms with Crippen molar-refractivity contribution in [2.45, 2.75) is 128 Å². The number of aromatic carboxylic acids is 1. The molecule has 4 aromatic rings. The average Bonchev–Trinajstić information content (AvgIpc) is 3.25. The van der Waals surface area contributed by atoms with E-state index in [4.69, 9.17) is 33.2 Å². The molecule has 21 heteroatoms. The summed E-state index contributed by atoms with van der Waals surface area (Å²) in [6.45, 7) is 7.37. The Bertz CT molecular complexity index is 3090. The van der Waals surface area contributed by atoms with Crippen LogP contribution in [0.1, 0.15) is 116 Å². The first kappa shape index (κ1) is 58.9. The van der Waals surface area contributed by atoms with Gasteiger partial charge in [-0.05, 0) is 91.9 Å². The number of carboxylic acids is 1. The van der Waals surface area contributed by atoms with E-state index >= 15 is 9.59 Å². The smallest absolute Gasteiger partial charge is 0.478 e. The van der Waals surface area contributed by atoms with E-state index in [1.165, 1.54) is 76.2 Å². The summed E-state index contributed by atoms with van der Waals surface area (Å²) in [4.78, 5) is 124. The minimum atomic E-state index is -2.52. The number of ether oxygens (including phenoxy) is 7. The molecule has 428 valence electrons. The molecule has 2 bridgehead atoms. The molecule has 11 atom stereocenters. The molecule has 2 amide bonds. The van der Waals surface area contributed by atoms with E-state index in [1.807, 2.05) is 0 Å². The quantitative estimate of drug-likeness (QED) is 0.0311. The number of benzene rings is 4. The highest BCUT2D eigenvalue weighted by Crippen LogP contribution is 2.64. The third-order valence-electron chi connectivity index (χ3n) is 16.1. The highest BCUT2D eigenvalue weighted by atomic mass is 16.7. The summed E-state index contributed by atoms with van der Waals surface area (Å²) < 4.78 is 42.1. The van der Waals surface area contributed by atoms with Crippen molar-refractivity contribution < 1.29 is 91.6 Å². The average molecular weight is 1120 g/mol. The SMILES string of the molecule is CC(=O)O[C@H]1C(=O)C2(C)[C@@H](O)C[C@H]3OC[C@@]3(OC(C)=O)[C@H]2[C@H](OC(=O)c2ccccc2)[C@]2(O)C[C@H](OC(=O)[C@H](OC(=O)OCCCCC(=O)Nc3ccc(C(=O)O)cc3)[C@@H](NC(=O)c3ccccc3)c3ccccc3)C(C)=C1C2(C)C. The first-order chi connectivity index (χ1) is 38.4. The number of amides is 2. The van der Waals surface area contributed by atoms with Crippen molar-refractivity contribution in [1.29, 1.82) is 0 Å². The first-order valence-electron chi connectivity index (χ1n) is 26.4. The van der Waals surface area contributed by atoms with Gasteiger partial charge in [-0.3, -0.25) is 24.0 Å². The lowest BCUT2D eigenvalue weighted by Crippen LogP contribution is -2.82. The topological polar surface area (TPSA) is 303 Å². The zero-order valence-electron chi connectivity index (χ0n) is 45.4. The van der Waals surface area contributed by atoms with Gasteiger partial charge >= 0.3 is 36.0 Å². The second-order valence-corrected chi connectivity index (χ2v) is 21.4. The fourth-order valence-electron chi connectivity index (χ4n) is 11.9. The molecule has 4 aliphatic rings. The molecule has 81 heavy (non-hydrogen) atoms. The normalized spacial score (nSPS) is 26.8. The maximum Gasteiger partial charge on any atom is 0.509 e. The Morgan fingerprint density at radius 2 is 1.38 bits per heavy atom. The molecule has 3 aliphatic carbocycles. The van der Waals surface area contributed by atoms with Crippen LogP contribution in [-0.2, 0) is 57.1 Å². The van der Waals surface area contributed by atoms with Crippen molar-refractivity contribution in [2.75, 3.05) is 18.5 Å². The van der Waals surface area contributed by atoms with Crippen LogP contribution in [0.2, 0.25) is 0 Å². The number of nitrogens with one attached hydrogen (secondary N) is 2. The minimum Gasteiger partial charge on any atom is -0.478 e. The van der Waals surface area contributed by atoms with Crippen LogP contribution in [0.4, 0.5) is 10.5 Å². The van der Waals surface area contributed by atoms with E-state index in [0.717, 1.165) is 13.8 Å². The number of hydrogen-bond donors (Lipinski definition) is 5. The van der Waals surface area contributed by atoms with Crippen LogP contribution in [0.15, 0.2) is 126 Å². The van der Waals surface area contributed by atoms with Crippen LogP contribution in [-0.4, -0.2) is 130 Å². The fourth-order valence-corrected chi connectivity index (χ4v) is 11.9. The number of carbonyl (C=O) groups excluding carboxylic acids is 8.